The maximum absolute atomic E-state index is 13.5. The molecule has 0 saturated heterocycles. The smallest absolute Gasteiger partial charge is 0.129 e. The molecule has 1 aromatic carbocycles. The Morgan fingerprint density at radius 1 is 1.45 bits per heavy atom. The Morgan fingerprint density at radius 2 is 2.15 bits per heavy atom. The van der Waals surface area contributed by atoms with Crippen molar-refractivity contribution in [1.82, 2.24) is 5.32 Å². The lowest BCUT2D eigenvalue weighted by Gasteiger charge is -2.35. The zero-order chi connectivity index (χ0) is 14.8. The zero-order valence-corrected chi connectivity index (χ0v) is 12.4. The molecular formula is C16H24FNO2. The fourth-order valence-corrected chi connectivity index (χ4v) is 2.58. The first-order valence-corrected chi connectivity index (χ1v) is 7.24. The van der Waals surface area contributed by atoms with Crippen LogP contribution in [-0.4, -0.2) is 29.9 Å². The summed E-state index contributed by atoms with van der Waals surface area (Å²) in [7, 11) is 0. The molecule has 1 aromatic rings. The Labute approximate surface area is 120 Å². The molecule has 20 heavy (non-hydrogen) atoms. The highest BCUT2D eigenvalue weighted by molar-refractivity contribution is 5.28. The number of hydrogen-bond donors (Lipinski definition) is 2. The molecule has 112 valence electrons. The lowest BCUT2D eigenvalue weighted by Crippen LogP contribution is -2.57. The summed E-state index contributed by atoms with van der Waals surface area (Å²) in [6.07, 6.45) is 2.21. The van der Waals surface area contributed by atoms with Gasteiger partial charge in [-0.05, 0) is 37.3 Å². The molecule has 1 saturated carbocycles. The first-order chi connectivity index (χ1) is 9.47. The van der Waals surface area contributed by atoms with Gasteiger partial charge >= 0.3 is 0 Å². The highest BCUT2D eigenvalue weighted by atomic mass is 19.1. The fraction of sp³-hybridized carbons (Fsp3) is 0.625. The van der Waals surface area contributed by atoms with Crippen molar-refractivity contribution in [3.05, 3.63) is 29.6 Å². The predicted molar refractivity (Wildman–Crippen MR) is 77.4 cm³/mol. The third-order valence-electron chi connectivity index (χ3n) is 3.86. The standard InChI is InChI=1S/C16H24FNO2/c1-11(2)18-16(9-19,13-5-6-13)10-20-14-7-4-12(3)15(17)8-14/h4,7-8,11,13,18-19H,5-6,9-10H2,1-3H3. The molecule has 0 radical (unpaired) electrons. The number of benzene rings is 1. The summed E-state index contributed by atoms with van der Waals surface area (Å²) >= 11 is 0. The van der Waals surface area contributed by atoms with E-state index in [-0.39, 0.29) is 18.5 Å². The van der Waals surface area contributed by atoms with Crippen LogP contribution in [0.5, 0.6) is 5.75 Å². The highest BCUT2D eigenvalue weighted by Gasteiger charge is 2.45. The summed E-state index contributed by atoms with van der Waals surface area (Å²) in [6.45, 7) is 6.22. The van der Waals surface area contributed by atoms with Crippen molar-refractivity contribution in [1.29, 1.82) is 0 Å². The van der Waals surface area contributed by atoms with Gasteiger partial charge in [-0.1, -0.05) is 19.9 Å². The summed E-state index contributed by atoms with van der Waals surface area (Å²) in [6, 6.07) is 5.14. The Balaban J connectivity index is 2.06. The molecular weight excluding hydrogens is 257 g/mol. The number of nitrogens with one attached hydrogen (secondary N) is 1. The second-order valence-corrected chi connectivity index (χ2v) is 6.09. The van der Waals surface area contributed by atoms with Gasteiger partial charge < -0.3 is 15.2 Å². The van der Waals surface area contributed by atoms with Crippen molar-refractivity contribution in [2.24, 2.45) is 5.92 Å². The van der Waals surface area contributed by atoms with Gasteiger partial charge in [0.25, 0.3) is 0 Å². The summed E-state index contributed by atoms with van der Waals surface area (Å²) in [5.74, 6) is 0.683. The van der Waals surface area contributed by atoms with Crippen LogP contribution in [0.2, 0.25) is 0 Å². The first kappa shape index (κ1) is 15.3. The second kappa shape index (κ2) is 6.10. The van der Waals surface area contributed by atoms with Crippen LogP contribution >= 0.6 is 0 Å². The van der Waals surface area contributed by atoms with Gasteiger partial charge in [-0.3, -0.25) is 0 Å². The Kier molecular flexibility index (Phi) is 4.66. The van der Waals surface area contributed by atoms with E-state index in [0.717, 1.165) is 12.8 Å². The third kappa shape index (κ3) is 3.49. The van der Waals surface area contributed by atoms with Crippen LogP contribution in [0, 0.1) is 18.7 Å². The number of aliphatic hydroxyl groups excluding tert-OH is 1. The van der Waals surface area contributed by atoms with E-state index in [2.05, 4.69) is 19.2 Å². The molecule has 2 N–H and O–H groups in total. The molecule has 0 amide bonds. The number of aliphatic hydroxyl groups is 1. The Morgan fingerprint density at radius 3 is 2.65 bits per heavy atom. The van der Waals surface area contributed by atoms with Gasteiger partial charge in [-0.2, -0.15) is 0 Å². The SMILES string of the molecule is Cc1ccc(OCC(CO)(NC(C)C)C2CC2)cc1F. The summed E-state index contributed by atoms with van der Waals surface area (Å²) in [4.78, 5) is 0. The van der Waals surface area contributed by atoms with E-state index < -0.39 is 5.54 Å². The van der Waals surface area contributed by atoms with Crippen LogP contribution < -0.4 is 10.1 Å². The van der Waals surface area contributed by atoms with Crippen LogP contribution in [0.3, 0.4) is 0 Å². The molecule has 1 aliphatic carbocycles. The van der Waals surface area contributed by atoms with Crippen LogP contribution in [0.25, 0.3) is 0 Å². The van der Waals surface area contributed by atoms with Gasteiger partial charge in [0.15, 0.2) is 0 Å². The number of ether oxygens (including phenoxy) is 1. The van der Waals surface area contributed by atoms with E-state index >= 15 is 0 Å². The average molecular weight is 281 g/mol. The van der Waals surface area contributed by atoms with Crippen LogP contribution in [0.15, 0.2) is 18.2 Å². The van der Waals surface area contributed by atoms with Crippen LogP contribution in [-0.2, 0) is 0 Å². The van der Waals surface area contributed by atoms with E-state index in [1.54, 1.807) is 19.1 Å². The van der Waals surface area contributed by atoms with Gasteiger partial charge in [0.2, 0.25) is 0 Å². The van der Waals surface area contributed by atoms with E-state index in [1.165, 1.54) is 6.07 Å². The lowest BCUT2D eigenvalue weighted by atomic mass is 9.94. The van der Waals surface area contributed by atoms with E-state index in [9.17, 15) is 9.50 Å². The lowest BCUT2D eigenvalue weighted by molar-refractivity contribution is 0.0777. The third-order valence-corrected chi connectivity index (χ3v) is 3.86. The minimum absolute atomic E-state index is 0.0319. The minimum atomic E-state index is -0.421. The molecule has 1 unspecified atom stereocenters. The topological polar surface area (TPSA) is 41.5 Å². The summed E-state index contributed by atoms with van der Waals surface area (Å²) in [5.41, 5.74) is 0.184. The second-order valence-electron chi connectivity index (χ2n) is 6.09. The highest BCUT2D eigenvalue weighted by Crippen LogP contribution is 2.40. The minimum Gasteiger partial charge on any atom is -0.491 e. The van der Waals surface area contributed by atoms with Gasteiger partial charge in [0, 0.05) is 12.1 Å². The maximum Gasteiger partial charge on any atom is 0.129 e. The fourth-order valence-electron chi connectivity index (χ4n) is 2.58. The van der Waals surface area contributed by atoms with Crippen LogP contribution in [0.4, 0.5) is 4.39 Å². The van der Waals surface area contributed by atoms with Gasteiger partial charge in [0.05, 0.1) is 12.1 Å². The number of rotatable bonds is 7. The van der Waals surface area contributed by atoms with Crippen molar-refractivity contribution in [3.63, 3.8) is 0 Å². The largest absolute Gasteiger partial charge is 0.491 e. The number of hydrogen-bond acceptors (Lipinski definition) is 3. The molecule has 0 heterocycles. The molecule has 0 aliphatic heterocycles. The monoisotopic (exact) mass is 281 g/mol. The van der Waals surface area contributed by atoms with E-state index in [4.69, 9.17) is 4.74 Å². The summed E-state index contributed by atoms with van der Waals surface area (Å²) in [5, 5.41) is 13.2. The zero-order valence-electron chi connectivity index (χ0n) is 12.4. The molecule has 0 spiro atoms. The molecule has 2 rings (SSSR count). The quantitative estimate of drug-likeness (QED) is 0.807. The molecule has 1 atom stereocenters. The Hall–Kier alpha value is -1.13. The molecule has 1 aliphatic rings. The first-order valence-electron chi connectivity index (χ1n) is 7.24. The molecule has 1 fully saturated rings. The molecule has 3 nitrogen and oxygen atoms in total. The van der Waals surface area contributed by atoms with Crippen molar-refractivity contribution in [3.8, 4) is 5.75 Å². The van der Waals surface area contributed by atoms with Crippen molar-refractivity contribution in [2.75, 3.05) is 13.2 Å². The molecule has 4 heteroatoms. The van der Waals surface area contributed by atoms with Crippen LogP contribution in [0.1, 0.15) is 32.3 Å². The molecule has 0 aromatic heterocycles. The van der Waals surface area contributed by atoms with Gasteiger partial charge in [0.1, 0.15) is 18.2 Å². The Bertz CT molecular complexity index is 460. The summed E-state index contributed by atoms with van der Waals surface area (Å²) < 4.78 is 19.3. The average Bonchev–Trinajstić information content (AvgIpc) is 3.23. The normalized spacial score (nSPS) is 18.1. The maximum atomic E-state index is 13.5. The van der Waals surface area contributed by atoms with E-state index in [1.807, 2.05) is 0 Å². The van der Waals surface area contributed by atoms with Crippen molar-refractivity contribution in [2.45, 2.75) is 45.2 Å². The predicted octanol–water partition coefficient (Wildman–Crippen LogP) is 2.65. The molecule has 0 bridgehead atoms. The van der Waals surface area contributed by atoms with E-state index in [0.29, 0.717) is 23.8 Å². The number of aryl methyl sites for hydroxylation is 1. The number of halogens is 1. The van der Waals surface area contributed by atoms with Gasteiger partial charge in [-0.25, -0.2) is 4.39 Å². The van der Waals surface area contributed by atoms with Crippen molar-refractivity contribution >= 4 is 0 Å². The van der Waals surface area contributed by atoms with Gasteiger partial charge in [-0.15, -0.1) is 0 Å². The van der Waals surface area contributed by atoms with Crippen molar-refractivity contribution < 1.29 is 14.2 Å².